The summed E-state index contributed by atoms with van der Waals surface area (Å²) >= 11 is 0. The number of carbonyl (C=O) groups excluding carboxylic acids is 1. The minimum absolute atomic E-state index is 0.0633. The average Bonchev–Trinajstić information content (AvgIpc) is 2.82. The van der Waals surface area contributed by atoms with Gasteiger partial charge in [-0.25, -0.2) is 4.79 Å². The third-order valence-electron chi connectivity index (χ3n) is 3.90. The van der Waals surface area contributed by atoms with Gasteiger partial charge in [-0.1, -0.05) is 24.3 Å². The highest BCUT2D eigenvalue weighted by Crippen LogP contribution is 2.29. The number of rotatable bonds is 14. The summed E-state index contributed by atoms with van der Waals surface area (Å²) in [5.41, 5.74) is 1.70. The van der Waals surface area contributed by atoms with Crippen molar-refractivity contribution in [2.75, 3.05) is 48.3 Å². The van der Waals surface area contributed by atoms with Crippen LogP contribution in [-0.4, -0.2) is 54.3 Å². The van der Waals surface area contributed by atoms with Crippen LogP contribution in [0.5, 0.6) is 17.2 Å². The monoisotopic (exact) mass is 444 g/mol. The van der Waals surface area contributed by atoms with E-state index in [2.05, 4.69) is 0 Å². The molecule has 0 heterocycles. The van der Waals surface area contributed by atoms with Crippen molar-refractivity contribution in [3.63, 3.8) is 0 Å². The summed E-state index contributed by atoms with van der Waals surface area (Å²) in [7, 11) is 4.62. The van der Waals surface area contributed by atoms with Crippen LogP contribution in [0.15, 0.2) is 54.6 Å². The van der Waals surface area contributed by atoms with E-state index < -0.39 is 5.97 Å². The van der Waals surface area contributed by atoms with Crippen molar-refractivity contribution < 1.29 is 38.0 Å². The molecule has 0 amide bonds. The fraction of sp³-hybridized carbons (Fsp3) is 0.292. The molecule has 32 heavy (non-hydrogen) atoms. The third kappa shape index (κ3) is 9.22. The number of esters is 1. The molecule has 2 aromatic carbocycles. The Kier molecular flexibility index (Phi) is 11.4. The number of benzene rings is 2. The predicted molar refractivity (Wildman–Crippen MR) is 119 cm³/mol. The quantitative estimate of drug-likeness (QED) is 0.247. The molecule has 0 aliphatic rings. The lowest BCUT2D eigenvalue weighted by molar-refractivity contribution is -0.136. The smallest absolute Gasteiger partial charge is 0.331 e. The molecule has 0 atom stereocenters. The van der Waals surface area contributed by atoms with Gasteiger partial charge in [-0.05, 0) is 47.5 Å². The Morgan fingerprint density at radius 1 is 0.750 bits per heavy atom. The molecule has 0 saturated heterocycles. The first-order chi connectivity index (χ1) is 15.7. The zero-order chi connectivity index (χ0) is 23.0. The number of ether oxygens (including phenoxy) is 7. The highest BCUT2D eigenvalue weighted by molar-refractivity contribution is 5.87. The molecular weight excluding hydrogens is 416 g/mol. The van der Waals surface area contributed by atoms with Gasteiger partial charge in [-0.2, -0.15) is 0 Å². The van der Waals surface area contributed by atoms with Crippen LogP contribution in [-0.2, 0) is 23.7 Å². The Morgan fingerprint density at radius 2 is 1.38 bits per heavy atom. The summed E-state index contributed by atoms with van der Waals surface area (Å²) < 4.78 is 36.2. The van der Waals surface area contributed by atoms with Crippen molar-refractivity contribution >= 4 is 18.1 Å². The molecule has 2 rings (SSSR count). The predicted octanol–water partition coefficient (Wildman–Crippen LogP) is 3.90. The Bertz CT molecular complexity index is 874. The molecule has 2 aromatic rings. The van der Waals surface area contributed by atoms with Crippen LogP contribution in [0.2, 0.25) is 0 Å². The van der Waals surface area contributed by atoms with Crippen LogP contribution in [0.1, 0.15) is 11.1 Å². The minimum atomic E-state index is -0.461. The van der Waals surface area contributed by atoms with Gasteiger partial charge in [0.15, 0.2) is 31.9 Å². The van der Waals surface area contributed by atoms with E-state index in [0.29, 0.717) is 11.5 Å². The lowest BCUT2D eigenvalue weighted by atomic mass is 10.2. The van der Waals surface area contributed by atoms with Crippen LogP contribution in [0.25, 0.3) is 12.2 Å². The third-order valence-corrected chi connectivity index (χ3v) is 3.90. The minimum Gasteiger partial charge on any atom is -0.468 e. The van der Waals surface area contributed by atoms with Crippen LogP contribution < -0.4 is 14.2 Å². The van der Waals surface area contributed by atoms with Gasteiger partial charge in [0.2, 0.25) is 0 Å². The van der Waals surface area contributed by atoms with E-state index in [1.807, 2.05) is 30.3 Å². The molecule has 0 radical (unpaired) electrons. The van der Waals surface area contributed by atoms with E-state index in [1.165, 1.54) is 20.3 Å². The second-order valence-corrected chi connectivity index (χ2v) is 6.29. The molecular formula is C24H28O8. The first-order valence-corrected chi connectivity index (χ1v) is 9.77. The highest BCUT2D eigenvalue weighted by Gasteiger charge is 2.06. The first-order valence-electron chi connectivity index (χ1n) is 9.77. The largest absolute Gasteiger partial charge is 0.468 e. The SMILES string of the molecule is COCOc1ccc(/C=C/COC(=O)/C=C/c2ccc(OCOC)c(OCOC)c2)cc1. The summed E-state index contributed by atoms with van der Waals surface area (Å²) in [6.07, 6.45) is 6.59. The van der Waals surface area contributed by atoms with E-state index >= 15 is 0 Å². The van der Waals surface area contributed by atoms with Gasteiger partial charge in [0.05, 0.1) is 0 Å². The topological polar surface area (TPSA) is 81.7 Å². The molecule has 0 bridgehead atoms. The van der Waals surface area contributed by atoms with Gasteiger partial charge in [0.1, 0.15) is 12.4 Å². The molecule has 0 aliphatic heterocycles. The molecule has 172 valence electrons. The summed E-state index contributed by atoms with van der Waals surface area (Å²) in [6.45, 7) is 0.501. The average molecular weight is 444 g/mol. The molecule has 0 saturated carbocycles. The molecule has 0 unspecified atom stereocenters. The Labute approximate surface area is 187 Å². The maximum absolute atomic E-state index is 12.0. The maximum atomic E-state index is 12.0. The number of hydrogen-bond acceptors (Lipinski definition) is 8. The van der Waals surface area contributed by atoms with Crippen LogP contribution in [0, 0.1) is 0 Å². The Balaban J connectivity index is 1.85. The summed E-state index contributed by atoms with van der Waals surface area (Å²) in [5.74, 6) is 1.24. The van der Waals surface area contributed by atoms with E-state index in [9.17, 15) is 4.79 Å². The normalized spacial score (nSPS) is 11.1. The Hall–Kier alpha value is -3.33. The van der Waals surface area contributed by atoms with Gasteiger partial charge in [-0.3, -0.25) is 0 Å². The fourth-order valence-electron chi connectivity index (χ4n) is 2.43. The molecule has 0 fully saturated rings. The fourth-order valence-corrected chi connectivity index (χ4v) is 2.43. The highest BCUT2D eigenvalue weighted by atomic mass is 16.7. The zero-order valence-corrected chi connectivity index (χ0v) is 18.4. The van der Waals surface area contributed by atoms with Crippen molar-refractivity contribution in [3.05, 3.63) is 65.7 Å². The van der Waals surface area contributed by atoms with E-state index in [0.717, 1.165) is 16.9 Å². The lowest BCUT2D eigenvalue weighted by Crippen LogP contribution is -2.04. The lowest BCUT2D eigenvalue weighted by Gasteiger charge is -2.12. The van der Waals surface area contributed by atoms with Crippen molar-refractivity contribution in [2.45, 2.75) is 0 Å². The Morgan fingerprint density at radius 3 is 2.06 bits per heavy atom. The molecule has 0 spiro atoms. The van der Waals surface area contributed by atoms with Crippen LogP contribution in [0.4, 0.5) is 0 Å². The van der Waals surface area contributed by atoms with Gasteiger partial charge < -0.3 is 33.2 Å². The molecule has 8 nitrogen and oxygen atoms in total. The van der Waals surface area contributed by atoms with Gasteiger partial charge >= 0.3 is 5.97 Å². The van der Waals surface area contributed by atoms with Crippen molar-refractivity contribution in [2.24, 2.45) is 0 Å². The van der Waals surface area contributed by atoms with E-state index in [-0.39, 0.29) is 27.0 Å². The van der Waals surface area contributed by atoms with E-state index in [1.54, 1.807) is 37.5 Å². The van der Waals surface area contributed by atoms with Crippen molar-refractivity contribution in [3.8, 4) is 17.2 Å². The van der Waals surface area contributed by atoms with Gasteiger partial charge in [-0.15, -0.1) is 0 Å². The van der Waals surface area contributed by atoms with Gasteiger partial charge in [0, 0.05) is 27.4 Å². The van der Waals surface area contributed by atoms with Crippen LogP contribution in [0.3, 0.4) is 0 Å². The van der Waals surface area contributed by atoms with Crippen molar-refractivity contribution in [1.82, 2.24) is 0 Å². The first kappa shape index (κ1) is 24.9. The van der Waals surface area contributed by atoms with Crippen molar-refractivity contribution in [1.29, 1.82) is 0 Å². The molecule has 8 heteroatoms. The molecule has 0 aliphatic carbocycles. The number of carbonyl (C=O) groups is 1. The van der Waals surface area contributed by atoms with Gasteiger partial charge in [0.25, 0.3) is 0 Å². The molecule has 0 aromatic heterocycles. The summed E-state index contributed by atoms with van der Waals surface area (Å²) in [5, 5.41) is 0. The second-order valence-electron chi connectivity index (χ2n) is 6.29. The molecule has 0 N–H and O–H groups in total. The number of methoxy groups -OCH3 is 3. The standard InChI is InChI=1S/C24H28O8/c1-26-16-30-21-10-6-19(7-11-21)5-4-14-29-24(25)13-9-20-8-12-22(31-17-27-2)23(15-20)32-18-28-3/h4-13,15H,14,16-18H2,1-3H3/b5-4+,13-9+. The summed E-state index contributed by atoms with van der Waals surface area (Å²) in [6, 6.07) is 12.7. The number of hydrogen-bond donors (Lipinski definition) is 0. The maximum Gasteiger partial charge on any atom is 0.331 e. The second kappa shape index (κ2) is 14.6. The van der Waals surface area contributed by atoms with Crippen LogP contribution >= 0.6 is 0 Å². The summed E-state index contributed by atoms with van der Waals surface area (Å²) in [4.78, 5) is 12.0. The van der Waals surface area contributed by atoms with E-state index in [4.69, 9.17) is 33.2 Å². The zero-order valence-electron chi connectivity index (χ0n) is 18.4.